The molecule has 0 spiro atoms. The highest BCUT2D eigenvalue weighted by Crippen LogP contribution is 2.37. The molecule has 0 unspecified atom stereocenters. The molecule has 4 rings (SSSR count). The molecule has 0 aliphatic carbocycles. The van der Waals surface area contributed by atoms with Crippen LogP contribution in [0, 0.1) is 5.82 Å². The van der Waals surface area contributed by atoms with Crippen LogP contribution in [0.2, 0.25) is 5.02 Å². The predicted octanol–water partition coefficient (Wildman–Crippen LogP) is 3.15. The lowest BCUT2D eigenvalue weighted by Crippen LogP contribution is -2.45. The Labute approximate surface area is 200 Å². The molecule has 0 fully saturated rings. The molecule has 2 heterocycles. The molecule has 186 valence electrons. The molecular weight excluding hydrogens is 518 g/mol. The lowest BCUT2D eigenvalue weighted by Gasteiger charge is -2.24. The van der Waals surface area contributed by atoms with E-state index in [9.17, 15) is 30.8 Å². The molecule has 0 saturated heterocycles. The van der Waals surface area contributed by atoms with Gasteiger partial charge in [-0.25, -0.2) is 12.8 Å². The number of halogens is 5. The lowest BCUT2D eigenvalue weighted by molar-refractivity contribution is -0.119. The average Bonchev–Trinajstić information content (AvgIpc) is 3.23. The van der Waals surface area contributed by atoms with Crippen molar-refractivity contribution in [3.05, 3.63) is 52.8 Å². The van der Waals surface area contributed by atoms with Crippen LogP contribution >= 0.6 is 11.6 Å². The van der Waals surface area contributed by atoms with Crippen LogP contribution in [-0.2, 0) is 21.2 Å². The van der Waals surface area contributed by atoms with Gasteiger partial charge >= 0.3 is 12.2 Å². The van der Waals surface area contributed by atoms with Crippen molar-refractivity contribution >= 4 is 39.0 Å². The molecule has 1 aromatic heterocycles. The largest absolute Gasteiger partial charge is 0.405 e. The first-order valence-electron chi connectivity index (χ1n) is 9.86. The van der Waals surface area contributed by atoms with E-state index in [2.05, 4.69) is 10.2 Å². The summed E-state index contributed by atoms with van der Waals surface area (Å²) < 4.78 is 83.0. The third-order valence-corrected chi connectivity index (χ3v) is 7.05. The summed E-state index contributed by atoms with van der Waals surface area (Å²) >= 11 is 5.89. The Kier molecular flexibility index (Phi) is 6.46. The number of rotatable bonds is 5. The van der Waals surface area contributed by atoms with Crippen molar-refractivity contribution in [2.45, 2.75) is 23.7 Å². The van der Waals surface area contributed by atoms with Crippen LogP contribution in [0.1, 0.15) is 5.56 Å². The van der Waals surface area contributed by atoms with Crippen molar-refractivity contribution in [1.29, 1.82) is 0 Å². The fourth-order valence-electron chi connectivity index (χ4n) is 3.40. The summed E-state index contributed by atoms with van der Waals surface area (Å²) in [4.78, 5) is 13.6. The molecule has 3 aromatic rings. The fourth-order valence-corrected chi connectivity index (χ4v) is 5.09. The third kappa shape index (κ3) is 5.39. The molecule has 35 heavy (non-hydrogen) atoms. The topological polar surface area (TPSA) is 131 Å². The van der Waals surface area contributed by atoms with Crippen LogP contribution in [0.25, 0.3) is 11.5 Å². The number of anilines is 2. The van der Waals surface area contributed by atoms with Gasteiger partial charge in [0.05, 0.1) is 34.5 Å². The van der Waals surface area contributed by atoms with Gasteiger partial charge in [-0.2, -0.15) is 13.2 Å². The number of nitrogens with one attached hydrogen (secondary N) is 1. The maximum atomic E-state index is 15.0. The second-order valence-electron chi connectivity index (χ2n) is 7.62. The molecule has 1 atom stereocenters. The van der Waals surface area contributed by atoms with Crippen molar-refractivity contribution < 1.29 is 35.2 Å². The van der Waals surface area contributed by atoms with E-state index in [1.54, 1.807) is 24.3 Å². The molecule has 9 nitrogen and oxygen atoms in total. The van der Waals surface area contributed by atoms with Gasteiger partial charge in [0.2, 0.25) is 5.91 Å². The van der Waals surface area contributed by atoms with Crippen LogP contribution < -0.4 is 16.0 Å². The van der Waals surface area contributed by atoms with Crippen LogP contribution in [0.4, 0.5) is 29.3 Å². The number of aromatic nitrogens is 2. The predicted molar refractivity (Wildman–Crippen MR) is 117 cm³/mol. The summed E-state index contributed by atoms with van der Waals surface area (Å²) in [5.74, 6) is -3.12. The Balaban J connectivity index is 1.80. The molecule has 15 heteroatoms. The number of carbonyl (C=O) groups is 1. The summed E-state index contributed by atoms with van der Waals surface area (Å²) in [7, 11) is -4.19. The Hall–Kier alpha value is -3.23. The molecule has 3 N–H and O–H groups in total. The van der Waals surface area contributed by atoms with E-state index < -0.39 is 68.4 Å². The van der Waals surface area contributed by atoms with Crippen molar-refractivity contribution in [2.24, 2.45) is 5.73 Å². The van der Waals surface area contributed by atoms with Crippen molar-refractivity contribution in [2.75, 3.05) is 22.5 Å². The van der Waals surface area contributed by atoms with E-state index in [4.69, 9.17) is 21.8 Å². The lowest BCUT2D eigenvalue weighted by atomic mass is 10.1. The maximum absolute atomic E-state index is 15.0. The van der Waals surface area contributed by atoms with Gasteiger partial charge in [0.1, 0.15) is 12.4 Å². The van der Waals surface area contributed by atoms with E-state index in [1.165, 1.54) is 0 Å². The van der Waals surface area contributed by atoms with E-state index in [1.807, 2.05) is 5.32 Å². The molecule has 1 aliphatic rings. The molecule has 2 aromatic carbocycles. The van der Waals surface area contributed by atoms with Crippen LogP contribution in [0.5, 0.6) is 0 Å². The fraction of sp³-hybridized carbons (Fsp3) is 0.250. The second-order valence-corrected chi connectivity index (χ2v) is 10.1. The van der Waals surface area contributed by atoms with E-state index in [-0.39, 0.29) is 12.2 Å². The molecule has 0 saturated carbocycles. The van der Waals surface area contributed by atoms with Crippen LogP contribution in [0.3, 0.4) is 0 Å². The molecule has 1 aliphatic heterocycles. The molecular formula is C20H16ClF4N5O4S. The van der Waals surface area contributed by atoms with Crippen LogP contribution in [0.15, 0.2) is 45.7 Å². The zero-order valence-electron chi connectivity index (χ0n) is 17.5. The molecule has 0 bridgehead atoms. The minimum absolute atomic E-state index is 0.125. The number of nitrogens with two attached hydrogens (primary N) is 1. The summed E-state index contributed by atoms with van der Waals surface area (Å²) in [6.45, 7) is -1.60. The normalized spacial score (nSPS) is 17.7. The van der Waals surface area contributed by atoms with Gasteiger partial charge in [0.25, 0.3) is 5.89 Å². The highest BCUT2D eigenvalue weighted by atomic mass is 35.5. The number of nitrogens with zero attached hydrogens (tertiary/aromatic N) is 3. The Morgan fingerprint density at radius 2 is 1.89 bits per heavy atom. The SMILES string of the molecule is N[C@H]1CS(=O)(=O)c2cc(F)c(-c3nnc(NCC(F)(F)F)o3)cc2N(Cc2ccc(Cl)cc2)C1=O. The Bertz CT molecular complexity index is 1380. The van der Waals surface area contributed by atoms with E-state index in [0.717, 1.165) is 11.0 Å². The summed E-state index contributed by atoms with van der Waals surface area (Å²) in [5, 5.41) is 9.22. The van der Waals surface area contributed by atoms with E-state index >= 15 is 0 Å². The summed E-state index contributed by atoms with van der Waals surface area (Å²) in [5.41, 5.74) is 5.79. The first-order valence-corrected chi connectivity index (χ1v) is 11.9. The summed E-state index contributed by atoms with van der Waals surface area (Å²) in [6, 6.07) is 6.01. The van der Waals surface area contributed by atoms with Gasteiger partial charge in [0.15, 0.2) is 9.84 Å². The number of alkyl halides is 3. The number of amides is 1. The van der Waals surface area contributed by atoms with Crippen molar-refractivity contribution in [3.8, 4) is 11.5 Å². The zero-order chi connectivity index (χ0) is 25.5. The smallest absolute Gasteiger partial charge is 0.403 e. The number of hydrogen-bond acceptors (Lipinski definition) is 8. The van der Waals surface area contributed by atoms with Crippen LogP contribution in [-0.4, -0.2) is 49.0 Å². The maximum Gasteiger partial charge on any atom is 0.405 e. The Morgan fingerprint density at radius 3 is 2.54 bits per heavy atom. The third-order valence-electron chi connectivity index (χ3n) is 5.01. The average molecular weight is 534 g/mol. The standard InChI is InChI=1S/C20H16ClF4N5O4S/c21-11-3-1-10(2-4-11)7-30-15-5-12(17-28-29-19(34-17)27-9-20(23,24)25)13(22)6-16(15)35(32,33)8-14(26)18(30)31/h1-6,14H,7-9,26H2,(H,27,29)/t14-/m0/s1. The highest BCUT2D eigenvalue weighted by molar-refractivity contribution is 7.91. The minimum Gasteiger partial charge on any atom is -0.403 e. The number of benzene rings is 2. The first-order chi connectivity index (χ1) is 16.3. The zero-order valence-corrected chi connectivity index (χ0v) is 19.1. The van der Waals surface area contributed by atoms with E-state index in [0.29, 0.717) is 16.7 Å². The monoisotopic (exact) mass is 533 g/mol. The highest BCUT2D eigenvalue weighted by Gasteiger charge is 2.37. The first kappa shape index (κ1) is 24.9. The molecule has 0 radical (unpaired) electrons. The van der Waals surface area contributed by atoms with Gasteiger partial charge in [-0.1, -0.05) is 28.8 Å². The van der Waals surface area contributed by atoms with Gasteiger partial charge < -0.3 is 20.4 Å². The summed E-state index contributed by atoms with van der Waals surface area (Å²) in [6.07, 6.45) is -4.57. The van der Waals surface area contributed by atoms with Crippen molar-refractivity contribution in [3.63, 3.8) is 0 Å². The second kappa shape index (κ2) is 9.09. The number of hydrogen-bond donors (Lipinski definition) is 2. The number of carbonyl (C=O) groups excluding carboxylic acids is 1. The minimum atomic E-state index is -4.57. The van der Waals surface area contributed by atoms with Gasteiger partial charge in [-0.15, -0.1) is 5.10 Å². The van der Waals surface area contributed by atoms with Gasteiger partial charge in [-0.05, 0) is 29.8 Å². The quantitative estimate of drug-likeness (QED) is 0.478. The Morgan fingerprint density at radius 1 is 1.20 bits per heavy atom. The van der Waals surface area contributed by atoms with Gasteiger partial charge in [-0.3, -0.25) is 4.79 Å². The number of fused-ring (bicyclic) bond motifs is 1. The van der Waals surface area contributed by atoms with Gasteiger partial charge in [0, 0.05) is 5.02 Å². The number of sulfone groups is 1. The van der Waals surface area contributed by atoms with Crippen molar-refractivity contribution in [1.82, 2.24) is 10.2 Å². The molecule has 1 amide bonds.